The minimum Gasteiger partial charge on any atom is -0.344 e. The van der Waals surface area contributed by atoms with E-state index in [1.165, 1.54) is 4.90 Å². The van der Waals surface area contributed by atoms with Crippen LogP contribution < -0.4 is 0 Å². The molecule has 15 heavy (non-hydrogen) atoms. The summed E-state index contributed by atoms with van der Waals surface area (Å²) in [6, 6.07) is 5.71. The van der Waals surface area contributed by atoms with Crippen molar-refractivity contribution < 1.29 is 4.79 Å². The van der Waals surface area contributed by atoms with Crippen molar-refractivity contribution in [2.75, 3.05) is 14.1 Å². The quantitative estimate of drug-likeness (QED) is 0.764. The second-order valence-electron chi connectivity index (χ2n) is 3.77. The van der Waals surface area contributed by atoms with Crippen molar-refractivity contribution in [2.45, 2.75) is 6.92 Å². The molecule has 0 saturated carbocycles. The zero-order valence-corrected chi connectivity index (χ0v) is 9.03. The van der Waals surface area contributed by atoms with E-state index in [4.69, 9.17) is 0 Å². The average Bonchev–Trinajstić information content (AvgIpc) is 2.58. The molecular weight excluding hydrogens is 190 g/mol. The van der Waals surface area contributed by atoms with Crippen LogP contribution in [0.5, 0.6) is 0 Å². The van der Waals surface area contributed by atoms with E-state index in [0.29, 0.717) is 5.69 Å². The lowest BCUT2D eigenvalue weighted by Crippen LogP contribution is -2.21. The van der Waals surface area contributed by atoms with Crippen LogP contribution in [0.15, 0.2) is 18.2 Å². The minimum atomic E-state index is -0.0364. The molecule has 0 bridgehead atoms. The number of nitrogens with zero attached hydrogens (tertiary/aromatic N) is 2. The van der Waals surface area contributed by atoms with Crippen LogP contribution in [0.2, 0.25) is 0 Å². The largest absolute Gasteiger partial charge is 0.344 e. The predicted molar refractivity (Wildman–Crippen MR) is 58.8 cm³/mol. The maximum Gasteiger partial charge on any atom is 0.269 e. The van der Waals surface area contributed by atoms with E-state index in [1.807, 2.05) is 25.1 Å². The van der Waals surface area contributed by atoms with Crippen LogP contribution in [0.4, 0.5) is 0 Å². The van der Waals surface area contributed by atoms with Gasteiger partial charge in [0.15, 0.2) is 0 Å². The van der Waals surface area contributed by atoms with Crippen LogP contribution in [0.1, 0.15) is 16.2 Å². The van der Waals surface area contributed by atoms with Gasteiger partial charge in [0.25, 0.3) is 5.91 Å². The molecule has 4 heteroatoms. The topological polar surface area (TPSA) is 49.0 Å². The summed E-state index contributed by atoms with van der Waals surface area (Å²) in [6.07, 6.45) is 0. The summed E-state index contributed by atoms with van der Waals surface area (Å²) in [5.74, 6) is -0.0364. The first-order valence-corrected chi connectivity index (χ1v) is 4.76. The van der Waals surface area contributed by atoms with Gasteiger partial charge in [0.05, 0.1) is 0 Å². The molecule has 4 nitrogen and oxygen atoms in total. The molecule has 2 aromatic rings. The Hall–Kier alpha value is -1.84. The number of amides is 1. The maximum atomic E-state index is 11.7. The van der Waals surface area contributed by atoms with Crippen molar-refractivity contribution in [2.24, 2.45) is 0 Å². The van der Waals surface area contributed by atoms with E-state index in [-0.39, 0.29) is 5.91 Å². The fraction of sp³-hybridized carbons (Fsp3) is 0.273. The third-order valence-electron chi connectivity index (χ3n) is 2.26. The van der Waals surface area contributed by atoms with Gasteiger partial charge in [-0.05, 0) is 25.1 Å². The maximum absolute atomic E-state index is 11.7. The number of aromatic nitrogens is 2. The molecule has 2 aromatic heterocycles. The Labute approximate surface area is 87.9 Å². The molecule has 0 aliphatic carbocycles. The van der Waals surface area contributed by atoms with Crippen LogP contribution >= 0.6 is 0 Å². The Balaban J connectivity index is 2.52. The van der Waals surface area contributed by atoms with Crippen molar-refractivity contribution in [3.63, 3.8) is 0 Å². The molecule has 78 valence electrons. The molecule has 0 aromatic carbocycles. The van der Waals surface area contributed by atoms with Crippen molar-refractivity contribution in [3.8, 4) is 0 Å². The van der Waals surface area contributed by atoms with Gasteiger partial charge in [0.2, 0.25) is 0 Å². The highest BCUT2D eigenvalue weighted by Gasteiger charge is 2.11. The third kappa shape index (κ3) is 1.70. The van der Waals surface area contributed by atoms with Gasteiger partial charge in [0, 0.05) is 25.2 Å². The number of aromatic amines is 1. The summed E-state index contributed by atoms with van der Waals surface area (Å²) >= 11 is 0. The number of hydrogen-bond acceptors (Lipinski definition) is 2. The molecule has 1 N–H and O–H groups in total. The first-order chi connectivity index (χ1) is 7.08. The molecule has 1 amide bonds. The van der Waals surface area contributed by atoms with E-state index in [0.717, 1.165) is 16.7 Å². The van der Waals surface area contributed by atoms with E-state index >= 15 is 0 Å². The molecule has 0 unspecified atom stereocenters. The Morgan fingerprint density at radius 2 is 2.13 bits per heavy atom. The minimum absolute atomic E-state index is 0.0364. The van der Waals surface area contributed by atoms with Gasteiger partial charge >= 0.3 is 0 Å². The molecule has 2 rings (SSSR count). The van der Waals surface area contributed by atoms with Crippen molar-refractivity contribution in [1.82, 2.24) is 14.9 Å². The van der Waals surface area contributed by atoms with E-state index in [2.05, 4.69) is 9.97 Å². The highest BCUT2D eigenvalue weighted by molar-refractivity contribution is 5.96. The number of carbonyl (C=O) groups is 1. The highest BCUT2D eigenvalue weighted by atomic mass is 16.2. The zero-order chi connectivity index (χ0) is 11.0. The van der Waals surface area contributed by atoms with E-state index in [1.54, 1.807) is 14.1 Å². The number of aryl methyl sites for hydroxylation is 1. The van der Waals surface area contributed by atoms with Gasteiger partial charge in [-0.3, -0.25) is 4.79 Å². The zero-order valence-electron chi connectivity index (χ0n) is 9.03. The Morgan fingerprint density at radius 3 is 2.80 bits per heavy atom. The second-order valence-corrected chi connectivity index (χ2v) is 3.77. The number of carbonyl (C=O) groups excluding carboxylic acids is 1. The standard InChI is InChI=1S/C11H13N3O/c1-7-4-5-8-6-9(11(15)14(2)3)13-10(8)12-7/h4-6H,1-3H3,(H,12,13). The summed E-state index contributed by atoms with van der Waals surface area (Å²) in [5.41, 5.74) is 2.28. The van der Waals surface area contributed by atoms with Crippen LogP contribution in [0.25, 0.3) is 11.0 Å². The van der Waals surface area contributed by atoms with E-state index < -0.39 is 0 Å². The van der Waals surface area contributed by atoms with E-state index in [9.17, 15) is 4.79 Å². The molecular formula is C11H13N3O. The molecule has 0 saturated heterocycles. The predicted octanol–water partition coefficient (Wildman–Crippen LogP) is 1.57. The first-order valence-electron chi connectivity index (χ1n) is 4.76. The lowest BCUT2D eigenvalue weighted by molar-refractivity contribution is 0.0823. The monoisotopic (exact) mass is 203 g/mol. The average molecular weight is 203 g/mol. The third-order valence-corrected chi connectivity index (χ3v) is 2.26. The molecule has 0 aliphatic rings. The van der Waals surface area contributed by atoms with Gasteiger partial charge in [-0.25, -0.2) is 4.98 Å². The first kappa shape index (κ1) is 9.71. The lowest BCUT2D eigenvalue weighted by atomic mass is 10.3. The summed E-state index contributed by atoms with van der Waals surface area (Å²) in [4.78, 5) is 20.5. The number of hydrogen-bond donors (Lipinski definition) is 1. The Bertz CT molecular complexity index is 514. The van der Waals surface area contributed by atoms with Crippen molar-refractivity contribution in [3.05, 3.63) is 29.6 Å². The van der Waals surface area contributed by atoms with Crippen LogP contribution in [0.3, 0.4) is 0 Å². The summed E-state index contributed by atoms with van der Waals surface area (Å²) in [6.45, 7) is 1.92. The normalized spacial score (nSPS) is 10.6. The highest BCUT2D eigenvalue weighted by Crippen LogP contribution is 2.14. The summed E-state index contributed by atoms with van der Waals surface area (Å²) < 4.78 is 0. The summed E-state index contributed by atoms with van der Waals surface area (Å²) in [7, 11) is 3.46. The van der Waals surface area contributed by atoms with Crippen LogP contribution in [-0.2, 0) is 0 Å². The van der Waals surface area contributed by atoms with Gasteiger partial charge in [0.1, 0.15) is 11.3 Å². The molecule has 2 heterocycles. The Morgan fingerprint density at radius 1 is 1.40 bits per heavy atom. The van der Waals surface area contributed by atoms with Gasteiger partial charge in [-0.15, -0.1) is 0 Å². The molecule has 0 aliphatic heterocycles. The van der Waals surface area contributed by atoms with Crippen molar-refractivity contribution >= 4 is 16.9 Å². The smallest absolute Gasteiger partial charge is 0.269 e. The van der Waals surface area contributed by atoms with Gasteiger partial charge < -0.3 is 9.88 Å². The number of fused-ring (bicyclic) bond motifs is 1. The van der Waals surface area contributed by atoms with Gasteiger partial charge in [-0.1, -0.05) is 0 Å². The molecule has 0 spiro atoms. The Kier molecular flexibility index (Phi) is 2.19. The van der Waals surface area contributed by atoms with Crippen LogP contribution in [-0.4, -0.2) is 34.9 Å². The summed E-state index contributed by atoms with van der Waals surface area (Å²) in [5, 5.41) is 0.964. The van der Waals surface area contributed by atoms with Crippen LogP contribution in [0, 0.1) is 6.92 Å². The lowest BCUT2D eigenvalue weighted by Gasteiger charge is -2.07. The fourth-order valence-electron chi connectivity index (χ4n) is 1.46. The van der Waals surface area contributed by atoms with Gasteiger partial charge in [-0.2, -0.15) is 0 Å². The number of nitrogens with one attached hydrogen (secondary N) is 1. The molecule has 0 radical (unpaired) electrons. The number of H-pyrrole nitrogens is 1. The molecule has 0 atom stereocenters. The second kappa shape index (κ2) is 3.38. The number of pyridine rings is 1. The fourth-order valence-corrected chi connectivity index (χ4v) is 1.46. The SMILES string of the molecule is Cc1ccc2cc(C(=O)N(C)C)[nH]c2n1. The van der Waals surface area contributed by atoms with Crippen molar-refractivity contribution in [1.29, 1.82) is 0 Å². The molecule has 0 fully saturated rings. The number of rotatable bonds is 1.